The molecular formula is C14H25NO10. The van der Waals surface area contributed by atoms with Crippen molar-refractivity contribution in [1.82, 2.24) is 5.32 Å². The average Bonchev–Trinajstić information content (AvgIpc) is 2.55. The Hall–Kier alpha value is -0.890. The minimum atomic E-state index is -2.24. The molecule has 9 atom stereocenters. The zero-order valence-corrected chi connectivity index (χ0v) is 13.6. The first-order valence-electron chi connectivity index (χ1n) is 7.90. The van der Waals surface area contributed by atoms with Gasteiger partial charge in [-0.25, -0.2) is 0 Å². The van der Waals surface area contributed by atoms with Gasteiger partial charge >= 0.3 is 0 Å². The van der Waals surface area contributed by atoms with Crippen molar-refractivity contribution in [2.45, 2.75) is 67.9 Å². The van der Waals surface area contributed by atoms with Crippen molar-refractivity contribution in [2.24, 2.45) is 0 Å². The van der Waals surface area contributed by atoms with Crippen molar-refractivity contribution in [2.75, 3.05) is 13.2 Å². The fourth-order valence-electron chi connectivity index (χ4n) is 3.33. The largest absolute Gasteiger partial charge is 0.394 e. The van der Waals surface area contributed by atoms with E-state index in [1.807, 2.05) is 0 Å². The van der Waals surface area contributed by atoms with Crippen molar-refractivity contribution < 1.29 is 50.0 Å². The molecule has 0 aromatic rings. The highest BCUT2D eigenvalue weighted by atomic mass is 16.6. The van der Waals surface area contributed by atoms with Crippen LogP contribution in [-0.4, -0.2) is 109 Å². The molecule has 0 spiro atoms. The Bertz CT molecular complexity index is 477. The second kappa shape index (κ2) is 7.78. The van der Waals surface area contributed by atoms with Crippen LogP contribution in [0.4, 0.5) is 0 Å². The predicted octanol–water partition coefficient (Wildman–Crippen LogP) is -4.84. The van der Waals surface area contributed by atoms with Gasteiger partial charge in [-0.2, -0.15) is 0 Å². The normalized spacial score (nSPS) is 48.2. The highest BCUT2D eigenvalue weighted by Gasteiger charge is 2.59. The standard InChI is InChI=1S/C14H25NO10/c1-5(18)15-8-2-14(23,12(22)7(4-17)24-8)13-11(21)10(20)9(19)6(3-16)25-13/h6-13,16-17,19-23H,2-4H2,1H3,(H,15,18)/t6-,7-,8-,9+,10+,11-,12+,13-,14-/m1/s1. The summed E-state index contributed by atoms with van der Waals surface area (Å²) in [6, 6.07) is 0. The van der Waals surface area contributed by atoms with Crippen molar-refractivity contribution >= 4 is 5.91 Å². The lowest BCUT2D eigenvalue weighted by molar-refractivity contribution is -0.317. The van der Waals surface area contributed by atoms with Crippen LogP contribution >= 0.6 is 0 Å². The Kier molecular flexibility index (Phi) is 6.35. The first-order valence-corrected chi connectivity index (χ1v) is 7.90. The summed E-state index contributed by atoms with van der Waals surface area (Å²) in [4.78, 5) is 11.2. The molecule has 0 aromatic heterocycles. The molecule has 0 aliphatic carbocycles. The Morgan fingerprint density at radius 3 is 2.16 bits per heavy atom. The maximum atomic E-state index is 11.2. The topological polar surface area (TPSA) is 189 Å². The van der Waals surface area contributed by atoms with E-state index in [0.29, 0.717) is 0 Å². The number of amides is 1. The second-order valence-corrected chi connectivity index (χ2v) is 6.44. The Balaban J connectivity index is 2.32. The van der Waals surface area contributed by atoms with Crippen molar-refractivity contribution in [1.29, 1.82) is 0 Å². The van der Waals surface area contributed by atoms with Gasteiger partial charge in [0.15, 0.2) is 0 Å². The molecule has 0 unspecified atom stereocenters. The molecule has 2 heterocycles. The van der Waals surface area contributed by atoms with Crippen LogP contribution in [0.2, 0.25) is 0 Å². The smallest absolute Gasteiger partial charge is 0.218 e. The molecule has 2 fully saturated rings. The highest BCUT2D eigenvalue weighted by molar-refractivity contribution is 5.73. The van der Waals surface area contributed by atoms with E-state index >= 15 is 0 Å². The Labute approximate surface area is 143 Å². The van der Waals surface area contributed by atoms with Crippen LogP contribution in [0.1, 0.15) is 13.3 Å². The van der Waals surface area contributed by atoms with Gasteiger partial charge in [0.05, 0.1) is 13.2 Å². The molecule has 11 heteroatoms. The minimum absolute atomic E-state index is 0.424. The molecule has 2 saturated heterocycles. The average molecular weight is 367 g/mol. The summed E-state index contributed by atoms with van der Waals surface area (Å²) in [5, 5.41) is 72.3. The van der Waals surface area contributed by atoms with Crippen LogP contribution in [0.15, 0.2) is 0 Å². The van der Waals surface area contributed by atoms with E-state index < -0.39 is 80.1 Å². The number of hydrogen-bond donors (Lipinski definition) is 8. The van der Waals surface area contributed by atoms with Crippen molar-refractivity contribution in [3.8, 4) is 0 Å². The number of carbonyl (C=O) groups excluding carboxylic acids is 1. The van der Waals surface area contributed by atoms with Gasteiger partial charge in [-0.1, -0.05) is 0 Å². The Morgan fingerprint density at radius 1 is 1.04 bits per heavy atom. The van der Waals surface area contributed by atoms with Gasteiger partial charge in [-0.3, -0.25) is 4.79 Å². The fourth-order valence-corrected chi connectivity index (χ4v) is 3.33. The summed E-state index contributed by atoms with van der Waals surface area (Å²) in [6.45, 7) is -0.199. The van der Waals surface area contributed by atoms with E-state index in [1.54, 1.807) is 0 Å². The SMILES string of the molecule is CC(=O)N[C@H]1C[C@](O)([C@@H]2O[C@H](CO)[C@H](O)[C@H](O)[C@H]2O)[C@@H](O)[C@@H](CO)O1. The van der Waals surface area contributed by atoms with E-state index in [1.165, 1.54) is 6.92 Å². The summed E-state index contributed by atoms with van der Waals surface area (Å²) >= 11 is 0. The summed E-state index contributed by atoms with van der Waals surface area (Å²) < 4.78 is 10.6. The van der Waals surface area contributed by atoms with Gasteiger partial charge in [-0.05, 0) is 0 Å². The molecule has 0 bridgehead atoms. The molecular weight excluding hydrogens is 342 g/mol. The number of carbonyl (C=O) groups is 1. The van der Waals surface area contributed by atoms with Crippen LogP contribution in [0.5, 0.6) is 0 Å². The lowest BCUT2D eigenvalue weighted by atomic mass is 9.76. The molecule has 2 aliphatic rings. The number of nitrogens with one attached hydrogen (secondary N) is 1. The molecule has 0 saturated carbocycles. The number of hydrogen-bond acceptors (Lipinski definition) is 10. The second-order valence-electron chi connectivity index (χ2n) is 6.44. The lowest BCUT2D eigenvalue weighted by Crippen LogP contribution is -2.73. The summed E-state index contributed by atoms with van der Waals surface area (Å²) in [5.41, 5.74) is -2.24. The number of rotatable bonds is 4. The maximum absolute atomic E-state index is 11.2. The van der Waals surface area contributed by atoms with Crippen LogP contribution in [-0.2, 0) is 14.3 Å². The molecule has 2 aliphatic heterocycles. The Morgan fingerprint density at radius 2 is 1.64 bits per heavy atom. The van der Waals surface area contributed by atoms with Crippen molar-refractivity contribution in [3.63, 3.8) is 0 Å². The van der Waals surface area contributed by atoms with E-state index in [-0.39, 0.29) is 0 Å². The highest BCUT2D eigenvalue weighted by Crippen LogP contribution is 2.38. The molecule has 25 heavy (non-hydrogen) atoms. The third kappa shape index (κ3) is 3.79. The molecule has 11 nitrogen and oxygen atoms in total. The zero-order chi connectivity index (χ0) is 18.9. The van der Waals surface area contributed by atoms with Gasteiger partial charge < -0.3 is 50.5 Å². The summed E-state index contributed by atoms with van der Waals surface area (Å²) in [7, 11) is 0. The van der Waals surface area contributed by atoms with Gasteiger partial charge in [0.1, 0.15) is 54.6 Å². The maximum Gasteiger partial charge on any atom is 0.218 e. The van der Waals surface area contributed by atoms with Crippen LogP contribution < -0.4 is 5.32 Å². The third-order valence-corrected chi connectivity index (χ3v) is 4.64. The third-order valence-electron chi connectivity index (χ3n) is 4.64. The van der Waals surface area contributed by atoms with Gasteiger partial charge in [0, 0.05) is 13.3 Å². The summed E-state index contributed by atoms with van der Waals surface area (Å²) in [6.07, 6.45) is -12.6. The lowest BCUT2D eigenvalue weighted by Gasteiger charge is -2.52. The minimum Gasteiger partial charge on any atom is -0.394 e. The summed E-state index contributed by atoms with van der Waals surface area (Å²) in [5.74, 6) is -0.491. The number of ether oxygens (including phenoxy) is 2. The molecule has 1 amide bonds. The number of aliphatic hydroxyl groups is 7. The quantitative estimate of drug-likeness (QED) is 0.239. The van der Waals surface area contributed by atoms with E-state index in [9.17, 15) is 40.5 Å². The molecule has 0 radical (unpaired) electrons. The van der Waals surface area contributed by atoms with Crippen LogP contribution in [0.25, 0.3) is 0 Å². The molecule has 2 rings (SSSR count). The fraction of sp³-hybridized carbons (Fsp3) is 0.929. The van der Waals surface area contributed by atoms with Crippen molar-refractivity contribution in [3.05, 3.63) is 0 Å². The van der Waals surface area contributed by atoms with E-state index in [4.69, 9.17) is 9.47 Å². The number of aliphatic hydroxyl groups excluding tert-OH is 6. The van der Waals surface area contributed by atoms with Gasteiger partial charge in [0.25, 0.3) is 0 Å². The van der Waals surface area contributed by atoms with Gasteiger partial charge in [0.2, 0.25) is 5.91 Å². The van der Waals surface area contributed by atoms with Crippen LogP contribution in [0, 0.1) is 0 Å². The zero-order valence-electron chi connectivity index (χ0n) is 13.6. The molecule has 8 N–H and O–H groups in total. The molecule has 0 aromatic carbocycles. The van der Waals surface area contributed by atoms with E-state index in [2.05, 4.69) is 5.32 Å². The monoisotopic (exact) mass is 367 g/mol. The van der Waals surface area contributed by atoms with Crippen LogP contribution in [0.3, 0.4) is 0 Å². The molecule has 146 valence electrons. The first-order chi connectivity index (χ1) is 11.7. The van der Waals surface area contributed by atoms with E-state index in [0.717, 1.165) is 0 Å². The van der Waals surface area contributed by atoms with Gasteiger partial charge in [-0.15, -0.1) is 0 Å². The predicted molar refractivity (Wildman–Crippen MR) is 78.9 cm³/mol. The first kappa shape index (κ1) is 20.4.